The molecule has 10 heteroatoms. The quantitative estimate of drug-likeness (QED) is 0.525. The smallest absolute Gasteiger partial charge is 0.222 e. The van der Waals surface area contributed by atoms with E-state index in [9.17, 15) is 26.7 Å². The Morgan fingerprint density at radius 2 is 1.64 bits per heavy atom. The van der Waals surface area contributed by atoms with Gasteiger partial charge in [-0.3, -0.25) is 4.79 Å². The summed E-state index contributed by atoms with van der Waals surface area (Å²) in [6.07, 6.45) is 0.809. The Bertz CT molecular complexity index is 795. The standard InChI is InChI=1S/C12H5F5N4O/c1-4(22)20-12-5(2-18)3-19-21(12)11-9(16)7(14)6(13)8(15)10(11)17/h3H,1H3,(H,20,22). The van der Waals surface area contributed by atoms with E-state index >= 15 is 0 Å². The zero-order chi connectivity index (χ0) is 16.6. The molecule has 1 aromatic carbocycles. The Morgan fingerprint density at radius 1 is 1.14 bits per heavy atom. The van der Waals surface area contributed by atoms with E-state index in [1.54, 1.807) is 6.07 Å². The number of rotatable bonds is 2. The molecule has 0 radical (unpaired) electrons. The predicted molar refractivity (Wildman–Crippen MR) is 62.4 cm³/mol. The van der Waals surface area contributed by atoms with E-state index in [2.05, 4.69) is 5.10 Å². The van der Waals surface area contributed by atoms with Gasteiger partial charge < -0.3 is 5.32 Å². The van der Waals surface area contributed by atoms with Crippen molar-refractivity contribution in [2.24, 2.45) is 0 Å². The molecule has 0 aliphatic rings. The molecule has 0 aliphatic heterocycles. The minimum atomic E-state index is -2.33. The van der Waals surface area contributed by atoms with Gasteiger partial charge in [0.1, 0.15) is 17.3 Å². The van der Waals surface area contributed by atoms with E-state index in [4.69, 9.17) is 5.26 Å². The number of carbonyl (C=O) groups excluding carboxylic acids is 1. The number of benzene rings is 1. The largest absolute Gasteiger partial charge is 0.310 e. The summed E-state index contributed by atoms with van der Waals surface area (Å²) in [4.78, 5) is 11.1. The normalized spacial score (nSPS) is 10.4. The fraction of sp³-hybridized carbons (Fsp3) is 0.0833. The summed E-state index contributed by atoms with van der Waals surface area (Å²) in [5, 5.41) is 14.3. The lowest BCUT2D eigenvalue weighted by Crippen LogP contribution is -2.16. The summed E-state index contributed by atoms with van der Waals surface area (Å²) in [5.74, 6) is -12.2. The van der Waals surface area contributed by atoms with E-state index in [0.29, 0.717) is 0 Å². The molecule has 0 bridgehead atoms. The van der Waals surface area contributed by atoms with Crippen LogP contribution in [0.25, 0.3) is 5.69 Å². The molecule has 2 rings (SSSR count). The van der Waals surface area contributed by atoms with Gasteiger partial charge in [0.15, 0.2) is 29.1 Å². The van der Waals surface area contributed by atoms with Crippen molar-refractivity contribution in [1.29, 1.82) is 5.26 Å². The molecule has 1 aromatic heterocycles. The zero-order valence-electron chi connectivity index (χ0n) is 10.7. The Labute approximate surface area is 119 Å². The average molecular weight is 316 g/mol. The lowest BCUT2D eigenvalue weighted by Gasteiger charge is -2.11. The maximum absolute atomic E-state index is 13.7. The van der Waals surface area contributed by atoms with Crippen LogP contribution in [-0.2, 0) is 4.79 Å². The lowest BCUT2D eigenvalue weighted by atomic mass is 10.2. The molecule has 0 unspecified atom stereocenters. The van der Waals surface area contributed by atoms with Crippen LogP contribution in [0.5, 0.6) is 0 Å². The molecule has 1 heterocycles. The van der Waals surface area contributed by atoms with Gasteiger partial charge in [0.05, 0.1) is 6.20 Å². The Kier molecular flexibility index (Phi) is 3.81. The van der Waals surface area contributed by atoms with Crippen LogP contribution in [-0.4, -0.2) is 15.7 Å². The second kappa shape index (κ2) is 5.44. The number of aromatic nitrogens is 2. The third-order valence-corrected chi connectivity index (χ3v) is 2.58. The number of nitrogens with one attached hydrogen (secondary N) is 1. The fourth-order valence-electron chi connectivity index (χ4n) is 1.67. The zero-order valence-corrected chi connectivity index (χ0v) is 10.7. The van der Waals surface area contributed by atoms with Crippen molar-refractivity contribution < 1.29 is 26.7 Å². The first-order chi connectivity index (χ1) is 10.3. The van der Waals surface area contributed by atoms with Crippen LogP contribution < -0.4 is 5.32 Å². The molecule has 1 N–H and O–H groups in total. The van der Waals surface area contributed by atoms with Crippen molar-refractivity contribution in [3.05, 3.63) is 40.8 Å². The fourth-order valence-corrected chi connectivity index (χ4v) is 1.67. The van der Waals surface area contributed by atoms with E-state index in [-0.39, 0.29) is 10.2 Å². The number of halogens is 5. The molecular formula is C12H5F5N4O. The molecule has 0 fully saturated rings. The molecule has 0 spiro atoms. The van der Waals surface area contributed by atoms with E-state index in [0.717, 1.165) is 13.1 Å². The first-order valence-electron chi connectivity index (χ1n) is 5.57. The van der Waals surface area contributed by atoms with Crippen LogP contribution in [0.15, 0.2) is 6.20 Å². The second-order valence-electron chi connectivity index (χ2n) is 4.03. The molecule has 5 nitrogen and oxygen atoms in total. The van der Waals surface area contributed by atoms with Crippen LogP contribution in [0.2, 0.25) is 0 Å². The Hall–Kier alpha value is -2.96. The van der Waals surface area contributed by atoms with Crippen molar-refractivity contribution >= 4 is 11.7 Å². The molecule has 0 aliphatic carbocycles. The second-order valence-corrected chi connectivity index (χ2v) is 4.03. The lowest BCUT2D eigenvalue weighted by molar-refractivity contribution is -0.114. The molecular weight excluding hydrogens is 311 g/mol. The summed E-state index contributed by atoms with van der Waals surface area (Å²) >= 11 is 0. The summed E-state index contributed by atoms with van der Waals surface area (Å²) in [5.41, 5.74) is -1.72. The molecule has 0 saturated carbocycles. The number of hydrogen-bond acceptors (Lipinski definition) is 3. The third kappa shape index (κ3) is 2.26. The van der Waals surface area contributed by atoms with Crippen LogP contribution >= 0.6 is 0 Å². The van der Waals surface area contributed by atoms with Crippen LogP contribution in [0.3, 0.4) is 0 Å². The highest BCUT2D eigenvalue weighted by Crippen LogP contribution is 2.29. The van der Waals surface area contributed by atoms with E-state index in [1.807, 2.05) is 5.32 Å². The number of amides is 1. The molecule has 1 amide bonds. The number of carbonyl (C=O) groups is 1. The van der Waals surface area contributed by atoms with Crippen molar-refractivity contribution in [2.45, 2.75) is 6.92 Å². The number of hydrogen-bond donors (Lipinski definition) is 1. The van der Waals surface area contributed by atoms with Crippen molar-refractivity contribution in [3.8, 4) is 11.8 Å². The first kappa shape index (κ1) is 15.4. The van der Waals surface area contributed by atoms with Gasteiger partial charge in [-0.25, -0.2) is 26.6 Å². The number of nitriles is 1. The van der Waals surface area contributed by atoms with Gasteiger partial charge >= 0.3 is 0 Å². The van der Waals surface area contributed by atoms with Gasteiger partial charge in [-0.1, -0.05) is 0 Å². The van der Waals surface area contributed by atoms with Crippen LogP contribution in [0.4, 0.5) is 27.8 Å². The average Bonchev–Trinajstić information content (AvgIpc) is 2.85. The highest BCUT2D eigenvalue weighted by atomic mass is 19.2. The number of anilines is 1. The highest BCUT2D eigenvalue weighted by molar-refractivity contribution is 5.89. The summed E-state index contributed by atoms with van der Waals surface area (Å²) in [6, 6.07) is 1.57. The minimum Gasteiger partial charge on any atom is -0.310 e. The van der Waals surface area contributed by atoms with Crippen molar-refractivity contribution in [3.63, 3.8) is 0 Å². The van der Waals surface area contributed by atoms with E-state index in [1.165, 1.54) is 0 Å². The maximum Gasteiger partial charge on any atom is 0.222 e. The minimum absolute atomic E-state index is 0.260. The van der Waals surface area contributed by atoms with Crippen LogP contribution in [0, 0.1) is 40.4 Å². The van der Waals surface area contributed by atoms with Crippen LogP contribution in [0.1, 0.15) is 12.5 Å². The molecule has 114 valence electrons. The van der Waals surface area contributed by atoms with Gasteiger partial charge in [0.25, 0.3) is 0 Å². The summed E-state index contributed by atoms with van der Waals surface area (Å²) in [7, 11) is 0. The predicted octanol–water partition coefficient (Wildman–Crippen LogP) is 2.40. The summed E-state index contributed by atoms with van der Waals surface area (Å²) < 4.78 is 67.2. The maximum atomic E-state index is 13.7. The van der Waals surface area contributed by atoms with Crippen molar-refractivity contribution in [1.82, 2.24) is 9.78 Å². The molecule has 22 heavy (non-hydrogen) atoms. The van der Waals surface area contributed by atoms with Gasteiger partial charge in [-0.15, -0.1) is 0 Å². The first-order valence-corrected chi connectivity index (χ1v) is 5.57. The van der Waals surface area contributed by atoms with Gasteiger partial charge in [0, 0.05) is 6.92 Å². The molecule has 2 aromatic rings. The SMILES string of the molecule is CC(=O)Nc1c(C#N)cnn1-c1c(F)c(F)c(F)c(F)c1F. The topological polar surface area (TPSA) is 70.7 Å². The molecule has 0 atom stereocenters. The Morgan fingerprint density at radius 3 is 2.09 bits per heavy atom. The van der Waals surface area contributed by atoms with Crippen molar-refractivity contribution in [2.75, 3.05) is 5.32 Å². The highest BCUT2D eigenvalue weighted by Gasteiger charge is 2.29. The number of nitrogens with zero attached hydrogens (tertiary/aromatic N) is 3. The van der Waals surface area contributed by atoms with Gasteiger partial charge in [-0.05, 0) is 0 Å². The van der Waals surface area contributed by atoms with Gasteiger partial charge in [-0.2, -0.15) is 10.4 Å². The molecule has 0 saturated heterocycles. The third-order valence-electron chi connectivity index (χ3n) is 2.58. The van der Waals surface area contributed by atoms with Gasteiger partial charge in [0.2, 0.25) is 11.7 Å². The van der Waals surface area contributed by atoms with E-state index < -0.39 is 46.5 Å². The monoisotopic (exact) mass is 316 g/mol. The Balaban J connectivity index is 2.81. The summed E-state index contributed by atoms with van der Waals surface area (Å²) in [6.45, 7) is 1.02.